The van der Waals surface area contributed by atoms with Gasteiger partial charge in [-0.1, -0.05) is 13.8 Å². The van der Waals surface area contributed by atoms with Crippen LogP contribution in [-0.2, 0) is 0 Å². The largest absolute Gasteiger partial charge is 0.323 e. The summed E-state index contributed by atoms with van der Waals surface area (Å²) in [5.41, 5.74) is 6.36. The number of hydrogen-bond donors (Lipinski definition) is 2. The third-order valence-electron chi connectivity index (χ3n) is 1.80. The number of aromatic amines is 1. The molecule has 1 rings (SSSR count). The molecular weight excluding hydrogens is 166 g/mol. The van der Waals surface area contributed by atoms with Gasteiger partial charge in [0.1, 0.15) is 0 Å². The normalized spacial score (nSPS) is 13.2. The highest BCUT2D eigenvalue weighted by Crippen LogP contribution is 2.14. The van der Waals surface area contributed by atoms with Crippen molar-refractivity contribution >= 4 is 0 Å². The smallest absolute Gasteiger partial charge is 0.250 e. The van der Waals surface area contributed by atoms with Crippen LogP contribution >= 0.6 is 0 Å². The van der Waals surface area contributed by atoms with Crippen LogP contribution in [0, 0.1) is 5.92 Å². The Hall–Kier alpha value is -1.16. The number of nitrogens with zero attached hydrogens (tertiary/aromatic N) is 1. The molecule has 0 aromatic carbocycles. The van der Waals surface area contributed by atoms with Crippen LogP contribution in [0.25, 0.3) is 0 Å². The maximum absolute atomic E-state index is 10.9. The minimum atomic E-state index is -0.149. The van der Waals surface area contributed by atoms with Crippen molar-refractivity contribution in [2.24, 2.45) is 11.7 Å². The molecule has 0 saturated carbocycles. The van der Waals surface area contributed by atoms with E-state index in [0.29, 0.717) is 11.6 Å². The van der Waals surface area contributed by atoms with Crippen LogP contribution in [0.15, 0.2) is 17.2 Å². The molecular formula is C9H15N3O. The topological polar surface area (TPSA) is 71.8 Å². The summed E-state index contributed by atoms with van der Waals surface area (Å²) < 4.78 is 0. The van der Waals surface area contributed by atoms with Gasteiger partial charge in [-0.25, -0.2) is 4.98 Å². The van der Waals surface area contributed by atoms with E-state index in [0.717, 1.165) is 6.42 Å². The lowest BCUT2D eigenvalue weighted by Gasteiger charge is -2.12. The van der Waals surface area contributed by atoms with Crippen molar-refractivity contribution in [3.8, 4) is 0 Å². The van der Waals surface area contributed by atoms with Crippen LogP contribution < -0.4 is 11.3 Å². The Morgan fingerprint density at radius 3 is 2.85 bits per heavy atom. The van der Waals surface area contributed by atoms with Crippen LogP contribution in [0.4, 0.5) is 0 Å². The molecule has 0 aliphatic rings. The molecule has 13 heavy (non-hydrogen) atoms. The van der Waals surface area contributed by atoms with Gasteiger partial charge in [-0.2, -0.15) is 0 Å². The summed E-state index contributed by atoms with van der Waals surface area (Å²) in [6, 6.07) is 1.31. The first-order chi connectivity index (χ1) is 6.09. The highest BCUT2D eigenvalue weighted by Gasteiger charge is 2.09. The Labute approximate surface area is 77.2 Å². The van der Waals surface area contributed by atoms with Crippen molar-refractivity contribution in [1.82, 2.24) is 9.97 Å². The van der Waals surface area contributed by atoms with Crippen LogP contribution in [0.3, 0.4) is 0 Å². The van der Waals surface area contributed by atoms with E-state index in [1.165, 1.54) is 12.4 Å². The zero-order valence-electron chi connectivity index (χ0n) is 7.95. The molecule has 0 radical (unpaired) electrons. The van der Waals surface area contributed by atoms with Crippen molar-refractivity contribution in [3.63, 3.8) is 0 Å². The Bertz CT molecular complexity index is 319. The van der Waals surface area contributed by atoms with Crippen LogP contribution in [0.2, 0.25) is 0 Å². The minimum Gasteiger partial charge on any atom is -0.323 e. The summed E-state index contributed by atoms with van der Waals surface area (Å²) >= 11 is 0. The second-order valence-corrected chi connectivity index (χ2v) is 3.57. The monoisotopic (exact) mass is 181 g/mol. The highest BCUT2D eigenvalue weighted by molar-refractivity contribution is 5.03. The molecule has 0 amide bonds. The Balaban J connectivity index is 2.77. The van der Waals surface area contributed by atoms with Crippen molar-refractivity contribution in [2.45, 2.75) is 26.3 Å². The van der Waals surface area contributed by atoms with Gasteiger partial charge in [0.2, 0.25) is 0 Å². The zero-order valence-corrected chi connectivity index (χ0v) is 7.95. The fourth-order valence-electron chi connectivity index (χ4n) is 1.22. The van der Waals surface area contributed by atoms with Gasteiger partial charge in [0.05, 0.1) is 12.0 Å². The molecule has 1 atom stereocenters. The summed E-state index contributed by atoms with van der Waals surface area (Å²) in [4.78, 5) is 17.4. The molecule has 1 aromatic rings. The maximum atomic E-state index is 10.9. The number of nitrogens with one attached hydrogen (secondary N) is 1. The van der Waals surface area contributed by atoms with Crippen molar-refractivity contribution in [2.75, 3.05) is 0 Å². The van der Waals surface area contributed by atoms with E-state index in [4.69, 9.17) is 5.73 Å². The number of nitrogens with two attached hydrogens (primary N) is 1. The lowest BCUT2D eigenvalue weighted by molar-refractivity contribution is 0.501. The van der Waals surface area contributed by atoms with Gasteiger partial charge in [0.25, 0.3) is 5.56 Å². The first-order valence-corrected chi connectivity index (χ1v) is 4.40. The van der Waals surface area contributed by atoms with E-state index in [-0.39, 0.29) is 11.6 Å². The first-order valence-electron chi connectivity index (χ1n) is 4.40. The van der Waals surface area contributed by atoms with E-state index in [1.807, 2.05) is 0 Å². The molecule has 0 bridgehead atoms. The summed E-state index contributed by atoms with van der Waals surface area (Å²) in [7, 11) is 0. The molecule has 4 nitrogen and oxygen atoms in total. The second-order valence-electron chi connectivity index (χ2n) is 3.57. The van der Waals surface area contributed by atoms with Crippen LogP contribution in [-0.4, -0.2) is 9.97 Å². The average molecular weight is 181 g/mol. The van der Waals surface area contributed by atoms with Crippen LogP contribution in [0.1, 0.15) is 32.0 Å². The summed E-state index contributed by atoms with van der Waals surface area (Å²) in [5.74, 6) is 0.510. The lowest BCUT2D eigenvalue weighted by Crippen LogP contribution is -2.17. The number of aromatic nitrogens is 2. The summed E-state index contributed by atoms with van der Waals surface area (Å²) in [6.45, 7) is 4.18. The van der Waals surface area contributed by atoms with Crippen molar-refractivity contribution in [1.29, 1.82) is 0 Å². The number of hydrogen-bond acceptors (Lipinski definition) is 3. The van der Waals surface area contributed by atoms with E-state index in [2.05, 4.69) is 23.8 Å². The Kier molecular flexibility index (Phi) is 3.19. The Morgan fingerprint density at radius 1 is 1.62 bits per heavy atom. The minimum absolute atomic E-state index is 0.137. The average Bonchev–Trinajstić information content (AvgIpc) is 2.03. The molecule has 0 aliphatic carbocycles. The molecule has 3 N–H and O–H groups in total. The van der Waals surface area contributed by atoms with Gasteiger partial charge in [0.15, 0.2) is 0 Å². The van der Waals surface area contributed by atoms with E-state index >= 15 is 0 Å². The SMILES string of the molecule is CC(C)C[C@@H](N)c1cc(=O)[nH]cn1. The lowest BCUT2D eigenvalue weighted by atomic mass is 10.0. The van der Waals surface area contributed by atoms with Gasteiger partial charge in [-0.05, 0) is 12.3 Å². The quantitative estimate of drug-likeness (QED) is 0.725. The van der Waals surface area contributed by atoms with Crippen molar-refractivity contribution in [3.05, 3.63) is 28.4 Å². The molecule has 0 aliphatic heterocycles. The fraction of sp³-hybridized carbons (Fsp3) is 0.556. The molecule has 4 heteroatoms. The third kappa shape index (κ3) is 2.99. The summed E-state index contributed by atoms with van der Waals surface area (Å²) in [6.07, 6.45) is 2.23. The molecule has 0 unspecified atom stereocenters. The molecule has 72 valence electrons. The van der Waals surface area contributed by atoms with Gasteiger partial charge in [0, 0.05) is 12.1 Å². The Morgan fingerprint density at radius 2 is 2.31 bits per heavy atom. The van der Waals surface area contributed by atoms with Gasteiger partial charge in [-0.3, -0.25) is 4.79 Å². The molecule has 0 spiro atoms. The number of rotatable bonds is 3. The highest BCUT2D eigenvalue weighted by atomic mass is 16.1. The predicted molar refractivity (Wildman–Crippen MR) is 51.2 cm³/mol. The molecule has 1 heterocycles. The van der Waals surface area contributed by atoms with E-state index < -0.39 is 0 Å². The first kappa shape index (κ1) is 9.92. The zero-order chi connectivity index (χ0) is 9.84. The summed E-state index contributed by atoms with van der Waals surface area (Å²) in [5, 5.41) is 0. The van der Waals surface area contributed by atoms with E-state index in [1.54, 1.807) is 0 Å². The molecule has 0 fully saturated rings. The van der Waals surface area contributed by atoms with Gasteiger partial charge < -0.3 is 10.7 Å². The maximum Gasteiger partial charge on any atom is 0.250 e. The predicted octanol–water partition coefficient (Wildman–Crippen LogP) is 0.816. The van der Waals surface area contributed by atoms with Crippen LogP contribution in [0.5, 0.6) is 0 Å². The van der Waals surface area contributed by atoms with Gasteiger partial charge in [-0.15, -0.1) is 0 Å². The standard InChI is InChI=1S/C9H15N3O/c1-6(2)3-7(10)8-4-9(13)12-5-11-8/h4-7H,3,10H2,1-2H3,(H,11,12,13)/t7-/m1/s1. The van der Waals surface area contributed by atoms with E-state index in [9.17, 15) is 4.79 Å². The molecule has 1 aromatic heterocycles. The fourth-order valence-corrected chi connectivity index (χ4v) is 1.22. The second kappa shape index (κ2) is 4.18. The van der Waals surface area contributed by atoms with Gasteiger partial charge >= 0.3 is 0 Å². The molecule has 0 saturated heterocycles. The number of H-pyrrole nitrogens is 1. The van der Waals surface area contributed by atoms with Crippen molar-refractivity contribution < 1.29 is 0 Å². The third-order valence-corrected chi connectivity index (χ3v) is 1.80.